The number of aryl methyl sites for hydroxylation is 1. The summed E-state index contributed by atoms with van der Waals surface area (Å²) in [5.41, 5.74) is 9.27. The quantitative estimate of drug-likeness (QED) is 0.701. The molecule has 27 heavy (non-hydrogen) atoms. The summed E-state index contributed by atoms with van der Waals surface area (Å²) in [6.45, 7) is 1.67. The summed E-state index contributed by atoms with van der Waals surface area (Å²) < 4.78 is 3.55. The highest BCUT2D eigenvalue weighted by molar-refractivity contribution is 6.09. The van der Waals surface area contributed by atoms with E-state index in [0.29, 0.717) is 19.3 Å². The first kappa shape index (κ1) is 19.3. The van der Waals surface area contributed by atoms with E-state index >= 15 is 0 Å². The molecule has 0 bridgehead atoms. The predicted molar refractivity (Wildman–Crippen MR) is 107 cm³/mol. The summed E-state index contributed by atoms with van der Waals surface area (Å²) in [5, 5.41) is 0.989. The smallest absolute Gasteiger partial charge is 0.248 e. The first-order valence-corrected chi connectivity index (χ1v) is 8.90. The summed E-state index contributed by atoms with van der Waals surface area (Å²) >= 11 is 0. The van der Waals surface area contributed by atoms with E-state index in [0.717, 1.165) is 27.9 Å². The van der Waals surface area contributed by atoms with Gasteiger partial charge in [-0.2, -0.15) is 0 Å². The second-order valence-electron chi connectivity index (χ2n) is 7.11. The number of hydrogen-bond donors (Lipinski definition) is 1. The Balaban J connectivity index is 0.00000210. The highest BCUT2D eigenvalue weighted by Crippen LogP contribution is 2.30. The average molecular weight is 387 g/mol. The Morgan fingerprint density at radius 3 is 2.78 bits per heavy atom. The zero-order valence-corrected chi connectivity index (χ0v) is 16.2. The van der Waals surface area contributed by atoms with Crippen LogP contribution in [0.1, 0.15) is 39.9 Å². The number of hydrogen-bond acceptors (Lipinski definition) is 4. The molecule has 1 aromatic carbocycles. The van der Waals surface area contributed by atoms with Crippen LogP contribution in [0, 0.1) is 5.92 Å². The molecule has 0 amide bonds. The third kappa shape index (κ3) is 3.19. The van der Waals surface area contributed by atoms with Crippen LogP contribution >= 0.6 is 12.4 Å². The summed E-state index contributed by atoms with van der Waals surface area (Å²) in [6, 6.07) is 7.38. The molecule has 0 spiro atoms. The lowest BCUT2D eigenvalue weighted by molar-refractivity contribution is 0.0881. The number of imidazole rings is 1. The lowest BCUT2D eigenvalue weighted by atomic mass is 9.84. The number of fused-ring (bicyclic) bond motifs is 2. The Hall–Kier alpha value is -2.44. The van der Waals surface area contributed by atoms with Crippen LogP contribution in [0.15, 0.2) is 36.8 Å². The van der Waals surface area contributed by atoms with Gasteiger partial charge in [-0.25, -0.2) is 4.98 Å². The molecule has 0 saturated heterocycles. The highest BCUT2D eigenvalue weighted by Gasteiger charge is 2.31. The number of rotatable bonds is 3. The zero-order chi connectivity index (χ0) is 18.4. The Kier molecular flexibility index (Phi) is 5.22. The SMILES string of the molecule is C[C@H](N)C(=O)n1cnc2c1CC[C@@H](C(=O)c1cn(C)c3ccccc13)C2.Cl. The van der Waals surface area contributed by atoms with Gasteiger partial charge in [0.2, 0.25) is 5.91 Å². The zero-order valence-electron chi connectivity index (χ0n) is 15.4. The molecular formula is C20H23ClN4O2. The molecule has 0 unspecified atom stereocenters. The van der Waals surface area contributed by atoms with Gasteiger partial charge in [0, 0.05) is 47.7 Å². The van der Waals surface area contributed by atoms with E-state index in [-0.39, 0.29) is 30.0 Å². The van der Waals surface area contributed by atoms with Gasteiger partial charge >= 0.3 is 0 Å². The number of ketones is 1. The van der Waals surface area contributed by atoms with E-state index in [1.807, 2.05) is 42.1 Å². The number of carbonyl (C=O) groups is 2. The second-order valence-corrected chi connectivity index (χ2v) is 7.11. The normalized spacial score (nSPS) is 17.2. The molecule has 6 nitrogen and oxygen atoms in total. The summed E-state index contributed by atoms with van der Waals surface area (Å²) in [4.78, 5) is 29.7. The number of halogens is 1. The molecule has 4 rings (SSSR count). The summed E-state index contributed by atoms with van der Waals surface area (Å²) in [5.74, 6) is -0.111. The van der Waals surface area contributed by atoms with Gasteiger partial charge in [0.05, 0.1) is 11.7 Å². The fourth-order valence-corrected chi connectivity index (χ4v) is 3.88. The topological polar surface area (TPSA) is 82.9 Å². The van der Waals surface area contributed by atoms with Gasteiger partial charge in [-0.3, -0.25) is 14.2 Å². The number of Topliss-reactive ketones (excluding diaryl/α,β-unsaturated/α-hetero) is 1. The first-order valence-electron chi connectivity index (χ1n) is 8.90. The first-order chi connectivity index (χ1) is 12.5. The van der Waals surface area contributed by atoms with Crippen molar-refractivity contribution in [1.82, 2.24) is 14.1 Å². The number of nitrogens with two attached hydrogens (primary N) is 1. The van der Waals surface area contributed by atoms with Crippen molar-refractivity contribution in [3.8, 4) is 0 Å². The lowest BCUT2D eigenvalue weighted by Gasteiger charge is -2.21. The fourth-order valence-electron chi connectivity index (χ4n) is 3.88. The maximum absolute atomic E-state index is 13.2. The van der Waals surface area contributed by atoms with E-state index in [1.54, 1.807) is 17.8 Å². The molecule has 2 aromatic heterocycles. The van der Waals surface area contributed by atoms with Gasteiger partial charge in [0.1, 0.15) is 6.33 Å². The molecule has 2 heterocycles. The van der Waals surface area contributed by atoms with E-state index in [1.165, 1.54) is 0 Å². The highest BCUT2D eigenvalue weighted by atomic mass is 35.5. The van der Waals surface area contributed by atoms with Crippen molar-refractivity contribution in [1.29, 1.82) is 0 Å². The average Bonchev–Trinajstić information content (AvgIpc) is 3.21. The minimum absolute atomic E-state index is 0. The van der Waals surface area contributed by atoms with E-state index in [9.17, 15) is 9.59 Å². The van der Waals surface area contributed by atoms with Crippen LogP contribution in [-0.4, -0.2) is 31.9 Å². The van der Waals surface area contributed by atoms with Gasteiger partial charge in [-0.05, 0) is 25.8 Å². The molecule has 142 valence electrons. The van der Waals surface area contributed by atoms with E-state index in [2.05, 4.69) is 4.98 Å². The third-order valence-electron chi connectivity index (χ3n) is 5.28. The van der Waals surface area contributed by atoms with Crippen molar-refractivity contribution in [3.63, 3.8) is 0 Å². The molecule has 2 atom stereocenters. The Morgan fingerprint density at radius 1 is 1.30 bits per heavy atom. The lowest BCUT2D eigenvalue weighted by Crippen LogP contribution is -2.33. The Bertz CT molecular complexity index is 1020. The number of benzene rings is 1. The van der Waals surface area contributed by atoms with Gasteiger partial charge < -0.3 is 10.3 Å². The molecule has 7 heteroatoms. The van der Waals surface area contributed by atoms with Crippen LogP contribution in [-0.2, 0) is 19.9 Å². The van der Waals surface area contributed by atoms with Crippen molar-refractivity contribution in [3.05, 3.63) is 53.7 Å². The van der Waals surface area contributed by atoms with Gasteiger partial charge in [0.15, 0.2) is 5.78 Å². The van der Waals surface area contributed by atoms with Crippen LogP contribution in [0.25, 0.3) is 10.9 Å². The van der Waals surface area contributed by atoms with Gasteiger partial charge in [0.25, 0.3) is 0 Å². The van der Waals surface area contributed by atoms with Crippen molar-refractivity contribution < 1.29 is 9.59 Å². The number of aromatic nitrogens is 3. The fraction of sp³-hybridized carbons (Fsp3) is 0.350. The Labute approximate surface area is 163 Å². The molecule has 0 aliphatic heterocycles. The van der Waals surface area contributed by atoms with Crippen molar-refractivity contribution >= 4 is 35.0 Å². The summed E-state index contributed by atoms with van der Waals surface area (Å²) in [7, 11) is 1.96. The maximum Gasteiger partial charge on any atom is 0.248 e. The molecule has 1 aliphatic carbocycles. The largest absolute Gasteiger partial charge is 0.350 e. The van der Waals surface area contributed by atoms with Crippen LogP contribution in [0.4, 0.5) is 0 Å². The number of carbonyl (C=O) groups excluding carboxylic acids is 2. The standard InChI is InChI=1S/C20H22N4O2.ClH/c1-12(21)20(26)24-11-22-16-9-13(7-8-18(16)24)19(25)15-10-23(2)17-6-4-3-5-14(15)17;/h3-6,10-13H,7-9,21H2,1-2H3;1H/t12-,13+;/m0./s1. The molecule has 0 radical (unpaired) electrons. The summed E-state index contributed by atoms with van der Waals surface area (Å²) in [6.07, 6.45) is 5.40. The molecule has 0 fully saturated rings. The van der Waals surface area contributed by atoms with Crippen molar-refractivity contribution in [2.45, 2.75) is 32.2 Å². The minimum atomic E-state index is -0.566. The van der Waals surface area contributed by atoms with Crippen LogP contribution < -0.4 is 5.73 Å². The molecule has 3 aromatic rings. The van der Waals surface area contributed by atoms with Crippen molar-refractivity contribution in [2.75, 3.05) is 0 Å². The minimum Gasteiger partial charge on any atom is -0.350 e. The van der Waals surface area contributed by atoms with Gasteiger partial charge in [-0.1, -0.05) is 18.2 Å². The molecule has 0 saturated carbocycles. The second kappa shape index (κ2) is 7.29. The van der Waals surface area contributed by atoms with Crippen LogP contribution in [0.3, 0.4) is 0 Å². The number of para-hydroxylation sites is 1. The van der Waals surface area contributed by atoms with Gasteiger partial charge in [-0.15, -0.1) is 12.4 Å². The van der Waals surface area contributed by atoms with Crippen LogP contribution in [0.2, 0.25) is 0 Å². The number of nitrogens with zero attached hydrogens (tertiary/aromatic N) is 3. The van der Waals surface area contributed by atoms with E-state index in [4.69, 9.17) is 5.73 Å². The monoisotopic (exact) mass is 386 g/mol. The predicted octanol–water partition coefficient (Wildman–Crippen LogP) is 2.77. The Morgan fingerprint density at radius 2 is 2.04 bits per heavy atom. The molecule has 1 aliphatic rings. The van der Waals surface area contributed by atoms with E-state index < -0.39 is 6.04 Å². The maximum atomic E-state index is 13.2. The third-order valence-corrected chi connectivity index (χ3v) is 5.28. The van der Waals surface area contributed by atoms with Crippen LogP contribution in [0.5, 0.6) is 0 Å². The molecule has 2 N–H and O–H groups in total. The molecular weight excluding hydrogens is 364 g/mol. The van der Waals surface area contributed by atoms with Crippen molar-refractivity contribution in [2.24, 2.45) is 18.7 Å².